The average Bonchev–Trinajstić information content (AvgIpc) is 2.89. The van der Waals surface area contributed by atoms with Crippen LogP contribution in [0, 0.1) is 0 Å². The number of benzene rings is 3. The number of methoxy groups -OCH3 is 2. The minimum Gasteiger partial charge on any atom is -0.497 e. The lowest BCUT2D eigenvalue weighted by Gasteiger charge is -2.36. The number of rotatable bonds is 6. The smallest absolute Gasteiger partial charge is 0.323 e. The standard InChI is InChI=1S/C26H28N4O4/c1-33-23-16-21(17-24(18-23)34-2)28-26(32)27-20-8-10-22(11-9-20)29-12-14-30(15-13-29)25(31)19-6-4-3-5-7-19/h3-11,16-18H,12-15H2,1-2H3,(H2,27,28,32). The number of nitrogens with zero attached hydrogens (tertiary/aromatic N) is 2. The van der Waals surface area contributed by atoms with Gasteiger partial charge in [-0.05, 0) is 36.4 Å². The van der Waals surface area contributed by atoms with Crippen LogP contribution in [-0.4, -0.2) is 57.2 Å². The molecule has 1 fully saturated rings. The molecule has 4 rings (SSSR count). The van der Waals surface area contributed by atoms with Gasteiger partial charge in [-0.1, -0.05) is 18.2 Å². The van der Waals surface area contributed by atoms with Crippen LogP contribution in [0.15, 0.2) is 72.8 Å². The highest BCUT2D eigenvalue weighted by atomic mass is 16.5. The summed E-state index contributed by atoms with van der Waals surface area (Å²) < 4.78 is 10.5. The van der Waals surface area contributed by atoms with Gasteiger partial charge < -0.3 is 29.9 Å². The minimum absolute atomic E-state index is 0.0690. The van der Waals surface area contributed by atoms with Crippen molar-refractivity contribution in [2.75, 3.05) is 55.9 Å². The maximum Gasteiger partial charge on any atom is 0.323 e. The monoisotopic (exact) mass is 460 g/mol. The molecule has 0 unspecified atom stereocenters. The molecule has 0 atom stereocenters. The van der Waals surface area contributed by atoms with E-state index < -0.39 is 0 Å². The van der Waals surface area contributed by atoms with Crippen molar-refractivity contribution in [3.8, 4) is 11.5 Å². The number of hydrogen-bond acceptors (Lipinski definition) is 5. The van der Waals surface area contributed by atoms with Crippen LogP contribution in [0.3, 0.4) is 0 Å². The maximum absolute atomic E-state index is 12.6. The quantitative estimate of drug-likeness (QED) is 0.573. The molecule has 0 aromatic heterocycles. The second-order valence-electron chi connectivity index (χ2n) is 7.87. The van der Waals surface area contributed by atoms with E-state index in [4.69, 9.17) is 9.47 Å². The zero-order chi connectivity index (χ0) is 23.9. The lowest BCUT2D eigenvalue weighted by atomic mass is 10.1. The summed E-state index contributed by atoms with van der Waals surface area (Å²) >= 11 is 0. The van der Waals surface area contributed by atoms with E-state index in [0.29, 0.717) is 36.0 Å². The molecule has 0 saturated carbocycles. The van der Waals surface area contributed by atoms with Gasteiger partial charge in [-0.25, -0.2) is 4.79 Å². The zero-order valence-electron chi connectivity index (χ0n) is 19.3. The maximum atomic E-state index is 12.6. The van der Waals surface area contributed by atoms with Crippen molar-refractivity contribution in [1.29, 1.82) is 0 Å². The summed E-state index contributed by atoms with van der Waals surface area (Å²) in [6.45, 7) is 2.84. The largest absolute Gasteiger partial charge is 0.497 e. The summed E-state index contributed by atoms with van der Waals surface area (Å²) in [5, 5.41) is 5.62. The fourth-order valence-electron chi connectivity index (χ4n) is 3.86. The molecule has 3 aromatic carbocycles. The number of anilines is 3. The number of hydrogen-bond donors (Lipinski definition) is 2. The van der Waals surface area contributed by atoms with Crippen molar-refractivity contribution in [2.24, 2.45) is 0 Å². The van der Waals surface area contributed by atoms with Crippen LogP contribution in [0.2, 0.25) is 0 Å². The van der Waals surface area contributed by atoms with Crippen LogP contribution in [0.5, 0.6) is 11.5 Å². The first-order valence-corrected chi connectivity index (χ1v) is 11.1. The highest BCUT2D eigenvalue weighted by Crippen LogP contribution is 2.26. The fourth-order valence-corrected chi connectivity index (χ4v) is 3.86. The average molecular weight is 461 g/mol. The predicted octanol–water partition coefficient (Wildman–Crippen LogP) is 4.31. The van der Waals surface area contributed by atoms with Crippen LogP contribution in [0.1, 0.15) is 10.4 Å². The first-order chi connectivity index (χ1) is 16.6. The van der Waals surface area contributed by atoms with E-state index in [0.717, 1.165) is 24.3 Å². The molecule has 1 heterocycles. The van der Waals surface area contributed by atoms with E-state index in [1.54, 1.807) is 32.4 Å². The number of ether oxygens (including phenoxy) is 2. The van der Waals surface area contributed by atoms with Gasteiger partial charge in [-0.3, -0.25) is 4.79 Å². The number of carbonyl (C=O) groups excluding carboxylic acids is 2. The van der Waals surface area contributed by atoms with Crippen molar-refractivity contribution >= 4 is 29.0 Å². The molecule has 3 aromatic rings. The normalized spacial score (nSPS) is 13.2. The molecule has 1 saturated heterocycles. The van der Waals surface area contributed by atoms with Crippen molar-refractivity contribution in [3.63, 3.8) is 0 Å². The highest BCUT2D eigenvalue weighted by Gasteiger charge is 2.22. The van der Waals surface area contributed by atoms with E-state index in [1.165, 1.54) is 0 Å². The molecule has 2 N–H and O–H groups in total. The van der Waals surface area contributed by atoms with E-state index in [9.17, 15) is 9.59 Å². The second-order valence-corrected chi connectivity index (χ2v) is 7.87. The van der Waals surface area contributed by atoms with E-state index in [2.05, 4.69) is 15.5 Å². The Morgan fingerprint density at radius 1 is 0.735 bits per heavy atom. The Bertz CT molecular complexity index is 1110. The summed E-state index contributed by atoms with van der Waals surface area (Å²) in [5.41, 5.74) is 3.01. The highest BCUT2D eigenvalue weighted by molar-refractivity contribution is 6.00. The number of carbonyl (C=O) groups is 2. The molecular weight excluding hydrogens is 432 g/mol. The lowest BCUT2D eigenvalue weighted by molar-refractivity contribution is 0.0747. The molecular formula is C26H28N4O4. The molecule has 3 amide bonds. The molecule has 0 spiro atoms. The Morgan fingerprint density at radius 2 is 1.32 bits per heavy atom. The third kappa shape index (κ3) is 5.58. The van der Waals surface area contributed by atoms with Crippen LogP contribution in [-0.2, 0) is 0 Å². The molecule has 8 nitrogen and oxygen atoms in total. The molecule has 1 aliphatic heterocycles. The van der Waals surface area contributed by atoms with Crippen molar-refractivity contribution in [3.05, 3.63) is 78.4 Å². The number of urea groups is 1. The molecule has 0 radical (unpaired) electrons. The van der Waals surface area contributed by atoms with Crippen LogP contribution < -0.4 is 25.0 Å². The van der Waals surface area contributed by atoms with Crippen molar-refractivity contribution in [2.45, 2.75) is 0 Å². The van der Waals surface area contributed by atoms with Gasteiger partial charge in [-0.2, -0.15) is 0 Å². The van der Waals surface area contributed by atoms with E-state index >= 15 is 0 Å². The Labute approximate surface area is 199 Å². The van der Waals surface area contributed by atoms with Gasteiger partial charge in [0.25, 0.3) is 5.91 Å². The van der Waals surface area contributed by atoms with Crippen molar-refractivity contribution in [1.82, 2.24) is 4.90 Å². The van der Waals surface area contributed by atoms with Crippen LogP contribution >= 0.6 is 0 Å². The topological polar surface area (TPSA) is 83.1 Å². The Morgan fingerprint density at radius 3 is 1.91 bits per heavy atom. The third-order valence-electron chi connectivity index (χ3n) is 5.69. The Balaban J connectivity index is 1.30. The van der Waals surface area contributed by atoms with Crippen LogP contribution in [0.4, 0.5) is 21.9 Å². The Kier molecular flexibility index (Phi) is 7.17. The summed E-state index contributed by atoms with van der Waals surface area (Å²) in [4.78, 5) is 29.2. The van der Waals surface area contributed by atoms with Gasteiger partial charge in [0.2, 0.25) is 0 Å². The van der Waals surface area contributed by atoms with Gasteiger partial charge in [-0.15, -0.1) is 0 Å². The molecule has 0 bridgehead atoms. The zero-order valence-corrected chi connectivity index (χ0v) is 19.3. The second kappa shape index (κ2) is 10.6. The number of amides is 3. The van der Waals surface area contributed by atoms with Gasteiger partial charge in [0.05, 0.1) is 14.2 Å². The van der Waals surface area contributed by atoms with Gasteiger partial charge >= 0.3 is 6.03 Å². The van der Waals surface area contributed by atoms with Gasteiger partial charge in [0, 0.05) is 67.0 Å². The molecule has 176 valence electrons. The molecule has 34 heavy (non-hydrogen) atoms. The summed E-state index contributed by atoms with van der Waals surface area (Å²) in [6.07, 6.45) is 0. The predicted molar refractivity (Wildman–Crippen MR) is 133 cm³/mol. The first kappa shape index (κ1) is 23.0. The van der Waals surface area contributed by atoms with Gasteiger partial charge in [0.15, 0.2) is 0 Å². The van der Waals surface area contributed by atoms with E-state index in [1.807, 2.05) is 59.5 Å². The first-order valence-electron chi connectivity index (χ1n) is 11.1. The Hall–Kier alpha value is -4.20. The lowest BCUT2D eigenvalue weighted by Crippen LogP contribution is -2.48. The fraction of sp³-hybridized carbons (Fsp3) is 0.231. The summed E-state index contributed by atoms with van der Waals surface area (Å²) in [6, 6.07) is 21.8. The molecule has 1 aliphatic rings. The molecule has 8 heteroatoms. The van der Waals surface area contributed by atoms with Crippen molar-refractivity contribution < 1.29 is 19.1 Å². The van der Waals surface area contributed by atoms with Crippen LogP contribution in [0.25, 0.3) is 0 Å². The SMILES string of the molecule is COc1cc(NC(=O)Nc2ccc(N3CCN(C(=O)c4ccccc4)CC3)cc2)cc(OC)c1. The number of piperazine rings is 1. The minimum atomic E-state index is -0.365. The van der Waals surface area contributed by atoms with Gasteiger partial charge in [0.1, 0.15) is 11.5 Å². The number of nitrogens with one attached hydrogen (secondary N) is 2. The van der Waals surface area contributed by atoms with E-state index in [-0.39, 0.29) is 11.9 Å². The molecule has 0 aliphatic carbocycles. The summed E-state index contributed by atoms with van der Waals surface area (Å²) in [7, 11) is 3.11. The summed E-state index contributed by atoms with van der Waals surface area (Å²) in [5.74, 6) is 1.24. The third-order valence-corrected chi connectivity index (χ3v) is 5.69.